The Morgan fingerprint density at radius 1 is 1.00 bits per heavy atom. The van der Waals surface area contributed by atoms with Crippen molar-refractivity contribution < 1.29 is 9.59 Å². The first-order valence-corrected chi connectivity index (χ1v) is 9.15. The van der Waals surface area contributed by atoms with E-state index in [1.807, 2.05) is 30.3 Å². The lowest BCUT2D eigenvalue weighted by Gasteiger charge is -2.07. The molecule has 1 aromatic heterocycles. The summed E-state index contributed by atoms with van der Waals surface area (Å²) in [7, 11) is 0. The molecule has 3 rings (SSSR count). The van der Waals surface area contributed by atoms with Crippen LogP contribution >= 0.6 is 12.6 Å². The van der Waals surface area contributed by atoms with E-state index in [4.69, 9.17) is 5.26 Å². The SMILES string of the molecule is N#Cc1ccc(CNC(=O)c2cc(NC(=O)Cc3ccc(S)cc3)ncn2)cc1. The Labute approximate surface area is 173 Å². The molecule has 3 aromatic rings. The first kappa shape index (κ1) is 20.0. The van der Waals surface area contributed by atoms with Gasteiger partial charge in [0.05, 0.1) is 18.1 Å². The van der Waals surface area contributed by atoms with E-state index in [-0.39, 0.29) is 30.4 Å². The lowest BCUT2D eigenvalue weighted by molar-refractivity contribution is -0.115. The van der Waals surface area contributed by atoms with Crippen molar-refractivity contribution >= 4 is 30.3 Å². The predicted octanol–water partition coefficient (Wildman–Crippen LogP) is 2.75. The molecule has 1 heterocycles. The molecular formula is C21H17N5O2S. The summed E-state index contributed by atoms with van der Waals surface area (Å²) in [4.78, 5) is 33.3. The van der Waals surface area contributed by atoms with Crippen molar-refractivity contribution in [1.29, 1.82) is 5.26 Å². The molecule has 0 radical (unpaired) electrons. The number of nitrogens with one attached hydrogen (secondary N) is 2. The Kier molecular flexibility index (Phi) is 6.55. The highest BCUT2D eigenvalue weighted by Crippen LogP contribution is 2.10. The normalized spacial score (nSPS) is 10.1. The predicted molar refractivity (Wildman–Crippen MR) is 110 cm³/mol. The zero-order valence-corrected chi connectivity index (χ0v) is 16.2. The van der Waals surface area contributed by atoms with E-state index in [9.17, 15) is 9.59 Å². The van der Waals surface area contributed by atoms with Gasteiger partial charge in [-0.25, -0.2) is 9.97 Å². The molecule has 0 spiro atoms. The largest absolute Gasteiger partial charge is 0.347 e. The topological polar surface area (TPSA) is 108 Å². The lowest BCUT2D eigenvalue weighted by atomic mass is 10.1. The monoisotopic (exact) mass is 403 g/mol. The van der Waals surface area contributed by atoms with Gasteiger partial charge in [0.25, 0.3) is 5.91 Å². The van der Waals surface area contributed by atoms with Gasteiger partial charge in [-0.2, -0.15) is 5.26 Å². The Balaban J connectivity index is 1.57. The average Bonchev–Trinajstić information content (AvgIpc) is 2.74. The van der Waals surface area contributed by atoms with Crippen LogP contribution in [0.4, 0.5) is 5.82 Å². The van der Waals surface area contributed by atoms with Gasteiger partial charge in [0.15, 0.2) is 0 Å². The molecule has 0 aliphatic carbocycles. The molecule has 0 atom stereocenters. The highest BCUT2D eigenvalue weighted by atomic mass is 32.1. The van der Waals surface area contributed by atoms with Crippen LogP contribution in [0.5, 0.6) is 0 Å². The molecule has 0 fully saturated rings. The number of hydrogen-bond acceptors (Lipinski definition) is 6. The number of rotatable bonds is 6. The van der Waals surface area contributed by atoms with Crippen LogP contribution in [0.1, 0.15) is 27.2 Å². The van der Waals surface area contributed by atoms with Crippen LogP contribution in [-0.2, 0) is 17.8 Å². The molecule has 2 N–H and O–H groups in total. The number of nitriles is 1. The third kappa shape index (κ3) is 5.89. The second-order valence-corrected chi connectivity index (χ2v) is 6.69. The summed E-state index contributed by atoms with van der Waals surface area (Å²) in [6.45, 7) is 0.289. The van der Waals surface area contributed by atoms with E-state index in [2.05, 4.69) is 33.2 Å². The van der Waals surface area contributed by atoms with Crippen LogP contribution in [0.3, 0.4) is 0 Å². The van der Waals surface area contributed by atoms with E-state index < -0.39 is 5.91 Å². The van der Waals surface area contributed by atoms with Crippen molar-refractivity contribution in [3.8, 4) is 6.07 Å². The summed E-state index contributed by atoms with van der Waals surface area (Å²) in [5.41, 5.74) is 2.39. The number of anilines is 1. The molecule has 8 heteroatoms. The average molecular weight is 403 g/mol. The summed E-state index contributed by atoms with van der Waals surface area (Å²) in [5.74, 6) is -0.393. The fraction of sp³-hybridized carbons (Fsp3) is 0.0952. The summed E-state index contributed by atoms with van der Waals surface area (Å²) < 4.78 is 0. The Hall–Kier alpha value is -3.70. The highest BCUT2D eigenvalue weighted by Gasteiger charge is 2.11. The third-order valence-corrected chi connectivity index (χ3v) is 4.30. The maximum absolute atomic E-state index is 12.3. The lowest BCUT2D eigenvalue weighted by Crippen LogP contribution is -2.24. The van der Waals surface area contributed by atoms with Crippen molar-refractivity contribution in [2.45, 2.75) is 17.9 Å². The maximum Gasteiger partial charge on any atom is 0.270 e. The molecule has 0 unspecified atom stereocenters. The van der Waals surface area contributed by atoms with Gasteiger partial charge in [-0.1, -0.05) is 24.3 Å². The molecule has 0 aliphatic rings. The molecule has 2 amide bonds. The Morgan fingerprint density at radius 2 is 1.69 bits per heavy atom. The van der Waals surface area contributed by atoms with Crippen molar-refractivity contribution in [3.05, 3.63) is 83.3 Å². The number of amides is 2. The molecule has 0 aliphatic heterocycles. The first-order valence-electron chi connectivity index (χ1n) is 8.70. The fourth-order valence-electron chi connectivity index (χ4n) is 2.51. The standard InChI is InChI=1S/C21H17N5O2S/c22-11-15-1-3-16(4-2-15)12-23-21(28)18-10-19(25-13-24-18)26-20(27)9-14-5-7-17(29)8-6-14/h1-8,10,13,29H,9,12H2,(H,23,28)(H,24,25,26,27). The van der Waals surface area contributed by atoms with Gasteiger partial charge in [0, 0.05) is 17.5 Å². The number of aromatic nitrogens is 2. The van der Waals surface area contributed by atoms with Crippen LogP contribution in [0.15, 0.2) is 65.8 Å². The summed E-state index contributed by atoms with van der Waals surface area (Å²) >= 11 is 4.21. The summed E-state index contributed by atoms with van der Waals surface area (Å²) in [6, 6.07) is 17.6. The first-order chi connectivity index (χ1) is 14.0. The summed E-state index contributed by atoms with van der Waals surface area (Å²) in [6.07, 6.45) is 1.40. The molecule has 0 saturated carbocycles. The van der Waals surface area contributed by atoms with E-state index in [0.717, 1.165) is 16.0 Å². The second-order valence-electron chi connectivity index (χ2n) is 6.17. The van der Waals surface area contributed by atoms with Gasteiger partial charge in [-0.05, 0) is 35.4 Å². The minimum absolute atomic E-state index is 0.142. The van der Waals surface area contributed by atoms with Gasteiger partial charge < -0.3 is 10.6 Å². The minimum atomic E-state index is -0.392. The van der Waals surface area contributed by atoms with Crippen molar-refractivity contribution in [3.63, 3.8) is 0 Å². The minimum Gasteiger partial charge on any atom is -0.347 e. The van der Waals surface area contributed by atoms with Gasteiger partial charge in [0.2, 0.25) is 5.91 Å². The van der Waals surface area contributed by atoms with Crippen LogP contribution in [0.2, 0.25) is 0 Å². The highest BCUT2D eigenvalue weighted by molar-refractivity contribution is 7.80. The third-order valence-electron chi connectivity index (χ3n) is 4.00. The van der Waals surface area contributed by atoms with Crippen molar-refractivity contribution in [1.82, 2.24) is 15.3 Å². The van der Waals surface area contributed by atoms with Gasteiger partial charge >= 0.3 is 0 Å². The molecule has 7 nitrogen and oxygen atoms in total. The van der Waals surface area contributed by atoms with Crippen LogP contribution in [0.25, 0.3) is 0 Å². The van der Waals surface area contributed by atoms with E-state index in [1.54, 1.807) is 24.3 Å². The second kappa shape index (κ2) is 9.48. The smallest absolute Gasteiger partial charge is 0.270 e. The van der Waals surface area contributed by atoms with Crippen molar-refractivity contribution in [2.24, 2.45) is 0 Å². The molecule has 144 valence electrons. The quantitative estimate of drug-likeness (QED) is 0.549. The Bertz CT molecular complexity index is 1060. The number of hydrogen-bond donors (Lipinski definition) is 3. The number of carbonyl (C=O) groups is 2. The molecule has 2 aromatic carbocycles. The maximum atomic E-state index is 12.3. The number of thiol groups is 1. The fourth-order valence-corrected chi connectivity index (χ4v) is 2.66. The molecule has 29 heavy (non-hydrogen) atoms. The van der Waals surface area contributed by atoms with Crippen LogP contribution in [-0.4, -0.2) is 21.8 Å². The molecular weight excluding hydrogens is 386 g/mol. The van der Waals surface area contributed by atoms with E-state index in [1.165, 1.54) is 12.4 Å². The number of benzene rings is 2. The zero-order chi connectivity index (χ0) is 20.6. The van der Waals surface area contributed by atoms with Crippen LogP contribution < -0.4 is 10.6 Å². The van der Waals surface area contributed by atoms with Gasteiger partial charge in [-0.3, -0.25) is 9.59 Å². The van der Waals surface area contributed by atoms with Gasteiger partial charge in [0.1, 0.15) is 17.8 Å². The number of nitrogens with zero attached hydrogens (tertiary/aromatic N) is 3. The summed E-state index contributed by atoms with van der Waals surface area (Å²) in [5, 5.41) is 14.2. The van der Waals surface area contributed by atoms with Gasteiger partial charge in [-0.15, -0.1) is 12.6 Å². The molecule has 0 saturated heterocycles. The van der Waals surface area contributed by atoms with Crippen molar-refractivity contribution in [2.75, 3.05) is 5.32 Å². The zero-order valence-electron chi connectivity index (χ0n) is 15.3. The molecule has 0 bridgehead atoms. The van der Waals surface area contributed by atoms with E-state index >= 15 is 0 Å². The van der Waals surface area contributed by atoms with Crippen LogP contribution in [0, 0.1) is 11.3 Å². The Morgan fingerprint density at radius 3 is 2.38 bits per heavy atom. The number of carbonyl (C=O) groups excluding carboxylic acids is 2. The van der Waals surface area contributed by atoms with E-state index in [0.29, 0.717) is 5.56 Å².